The van der Waals surface area contributed by atoms with Crippen LogP contribution in [0.1, 0.15) is 23.1 Å². The van der Waals surface area contributed by atoms with E-state index in [1.807, 2.05) is 12.1 Å². The van der Waals surface area contributed by atoms with Gasteiger partial charge in [-0.15, -0.1) is 0 Å². The number of hydrogen-bond acceptors (Lipinski definition) is 3. The van der Waals surface area contributed by atoms with Gasteiger partial charge in [0.25, 0.3) is 0 Å². The topological polar surface area (TPSA) is 49.5 Å². The Labute approximate surface area is 119 Å². The second-order valence-electron chi connectivity index (χ2n) is 5.55. The molecule has 0 bridgehead atoms. The molecule has 2 aromatic carbocycles. The normalized spacial score (nSPS) is 14.2. The number of benzene rings is 2. The number of aryl methyl sites for hydroxylation is 2. The molecule has 0 atom stereocenters. The smallest absolute Gasteiger partial charge is 0.138 e. The highest BCUT2D eigenvalue weighted by Crippen LogP contribution is 2.30. The zero-order valence-corrected chi connectivity index (χ0v) is 11.8. The maximum absolute atomic E-state index is 9.50. The molecule has 3 heteroatoms. The molecule has 0 aliphatic carbocycles. The van der Waals surface area contributed by atoms with Crippen molar-refractivity contribution in [3.63, 3.8) is 0 Å². The Morgan fingerprint density at radius 3 is 2.85 bits per heavy atom. The zero-order valence-electron chi connectivity index (χ0n) is 11.8. The van der Waals surface area contributed by atoms with Crippen LogP contribution in [-0.4, -0.2) is 11.7 Å². The lowest BCUT2D eigenvalue weighted by molar-refractivity contribution is 0.477. The van der Waals surface area contributed by atoms with Crippen molar-refractivity contribution in [1.29, 1.82) is 0 Å². The third kappa shape index (κ3) is 2.44. The van der Waals surface area contributed by atoms with Gasteiger partial charge in [0, 0.05) is 18.8 Å². The van der Waals surface area contributed by atoms with Crippen molar-refractivity contribution in [3.8, 4) is 5.75 Å². The summed E-state index contributed by atoms with van der Waals surface area (Å²) in [5, 5.41) is 9.50. The van der Waals surface area contributed by atoms with Crippen LogP contribution in [0.4, 0.5) is 11.4 Å². The number of anilines is 2. The highest BCUT2D eigenvalue weighted by atomic mass is 16.3. The number of nitrogens with two attached hydrogens (primary N) is 1. The lowest BCUT2D eigenvalue weighted by atomic mass is 9.99. The van der Waals surface area contributed by atoms with E-state index in [1.54, 1.807) is 6.07 Å². The standard InChI is InChI=1S/C17H20N2O/c1-12-4-6-16-14(9-12)3-2-8-19(16)11-13-5-7-17(20)15(18)10-13/h4-7,9-10,20H,2-3,8,11,18H2,1H3. The van der Waals surface area contributed by atoms with E-state index in [9.17, 15) is 5.11 Å². The van der Waals surface area contributed by atoms with Crippen molar-refractivity contribution < 1.29 is 5.11 Å². The summed E-state index contributed by atoms with van der Waals surface area (Å²) in [6.07, 6.45) is 2.34. The van der Waals surface area contributed by atoms with Crippen LogP contribution in [0.3, 0.4) is 0 Å². The van der Waals surface area contributed by atoms with E-state index in [0.29, 0.717) is 5.69 Å². The molecule has 104 valence electrons. The molecular weight excluding hydrogens is 248 g/mol. The van der Waals surface area contributed by atoms with Crippen LogP contribution in [0.5, 0.6) is 5.75 Å². The summed E-state index contributed by atoms with van der Waals surface area (Å²) in [6.45, 7) is 4.04. The van der Waals surface area contributed by atoms with Crippen LogP contribution < -0.4 is 10.6 Å². The number of phenols is 1. The molecule has 0 saturated carbocycles. The van der Waals surface area contributed by atoms with Gasteiger partial charge < -0.3 is 15.7 Å². The molecule has 1 aliphatic rings. The van der Waals surface area contributed by atoms with Gasteiger partial charge >= 0.3 is 0 Å². The number of nitrogens with zero attached hydrogens (tertiary/aromatic N) is 1. The molecule has 0 amide bonds. The maximum atomic E-state index is 9.50. The van der Waals surface area contributed by atoms with Gasteiger partial charge in [-0.2, -0.15) is 0 Å². The maximum Gasteiger partial charge on any atom is 0.138 e. The van der Waals surface area contributed by atoms with Crippen molar-refractivity contribution >= 4 is 11.4 Å². The number of rotatable bonds is 2. The molecule has 3 nitrogen and oxygen atoms in total. The summed E-state index contributed by atoms with van der Waals surface area (Å²) in [4.78, 5) is 2.39. The van der Waals surface area contributed by atoms with E-state index in [1.165, 1.54) is 23.2 Å². The van der Waals surface area contributed by atoms with E-state index in [0.717, 1.165) is 25.1 Å². The molecule has 3 rings (SSSR count). The van der Waals surface area contributed by atoms with Crippen molar-refractivity contribution in [3.05, 3.63) is 53.1 Å². The average Bonchev–Trinajstić information content (AvgIpc) is 2.43. The van der Waals surface area contributed by atoms with Gasteiger partial charge in [-0.05, 0) is 49.1 Å². The highest BCUT2D eigenvalue weighted by Gasteiger charge is 2.17. The fourth-order valence-electron chi connectivity index (χ4n) is 2.89. The lowest BCUT2D eigenvalue weighted by Crippen LogP contribution is -2.28. The quantitative estimate of drug-likeness (QED) is 0.649. The van der Waals surface area contributed by atoms with Gasteiger partial charge in [0.05, 0.1) is 5.69 Å². The molecule has 0 fully saturated rings. The van der Waals surface area contributed by atoms with Crippen LogP contribution in [0.2, 0.25) is 0 Å². The number of fused-ring (bicyclic) bond motifs is 1. The number of phenolic OH excluding ortho intramolecular Hbond substituents is 1. The number of nitrogen functional groups attached to an aromatic ring is 1. The van der Waals surface area contributed by atoms with Crippen molar-refractivity contribution in [2.75, 3.05) is 17.2 Å². The van der Waals surface area contributed by atoms with Crippen LogP contribution in [-0.2, 0) is 13.0 Å². The van der Waals surface area contributed by atoms with Crippen LogP contribution >= 0.6 is 0 Å². The monoisotopic (exact) mass is 268 g/mol. The molecule has 1 aliphatic heterocycles. The van der Waals surface area contributed by atoms with E-state index < -0.39 is 0 Å². The van der Waals surface area contributed by atoms with Crippen molar-refractivity contribution in [2.45, 2.75) is 26.3 Å². The van der Waals surface area contributed by atoms with Crippen LogP contribution in [0.15, 0.2) is 36.4 Å². The number of hydrogen-bond donors (Lipinski definition) is 2. The van der Waals surface area contributed by atoms with E-state index >= 15 is 0 Å². The second kappa shape index (κ2) is 5.08. The van der Waals surface area contributed by atoms with E-state index in [4.69, 9.17) is 5.73 Å². The van der Waals surface area contributed by atoms with E-state index in [2.05, 4.69) is 30.0 Å². The van der Waals surface area contributed by atoms with Gasteiger partial charge in [-0.25, -0.2) is 0 Å². The molecule has 0 spiro atoms. The minimum absolute atomic E-state index is 0.156. The Kier molecular flexibility index (Phi) is 3.26. The first-order valence-electron chi connectivity index (χ1n) is 7.05. The Bertz CT molecular complexity index is 637. The first kappa shape index (κ1) is 12.9. The van der Waals surface area contributed by atoms with Gasteiger partial charge in [-0.3, -0.25) is 0 Å². The summed E-state index contributed by atoms with van der Waals surface area (Å²) in [5.41, 5.74) is 11.4. The first-order chi connectivity index (χ1) is 9.63. The Morgan fingerprint density at radius 1 is 1.20 bits per heavy atom. The Balaban J connectivity index is 1.87. The predicted molar refractivity (Wildman–Crippen MR) is 83.1 cm³/mol. The molecule has 0 unspecified atom stereocenters. The third-order valence-electron chi connectivity index (χ3n) is 3.92. The van der Waals surface area contributed by atoms with Crippen LogP contribution in [0, 0.1) is 6.92 Å². The van der Waals surface area contributed by atoms with Gasteiger partial charge in [0.2, 0.25) is 0 Å². The predicted octanol–water partition coefficient (Wildman–Crippen LogP) is 3.24. The zero-order chi connectivity index (χ0) is 14.1. The SMILES string of the molecule is Cc1ccc2c(c1)CCCN2Cc1ccc(O)c(N)c1. The molecule has 20 heavy (non-hydrogen) atoms. The Hall–Kier alpha value is -2.16. The summed E-state index contributed by atoms with van der Waals surface area (Å²) >= 11 is 0. The fraction of sp³-hybridized carbons (Fsp3) is 0.294. The fourth-order valence-corrected chi connectivity index (χ4v) is 2.89. The minimum atomic E-state index is 0.156. The second-order valence-corrected chi connectivity index (χ2v) is 5.55. The average molecular weight is 268 g/mol. The summed E-state index contributed by atoms with van der Waals surface area (Å²) in [5.74, 6) is 0.156. The van der Waals surface area contributed by atoms with Crippen molar-refractivity contribution in [2.24, 2.45) is 0 Å². The lowest BCUT2D eigenvalue weighted by Gasteiger charge is -2.31. The molecule has 0 radical (unpaired) electrons. The van der Waals surface area contributed by atoms with Gasteiger partial charge in [-0.1, -0.05) is 23.8 Å². The summed E-state index contributed by atoms with van der Waals surface area (Å²) < 4.78 is 0. The van der Waals surface area contributed by atoms with Gasteiger partial charge in [0.15, 0.2) is 0 Å². The molecule has 2 aromatic rings. The summed E-state index contributed by atoms with van der Waals surface area (Å²) in [6, 6.07) is 12.1. The minimum Gasteiger partial charge on any atom is -0.506 e. The molecule has 0 saturated heterocycles. The Morgan fingerprint density at radius 2 is 2.05 bits per heavy atom. The third-order valence-corrected chi connectivity index (χ3v) is 3.92. The molecule has 1 heterocycles. The van der Waals surface area contributed by atoms with E-state index in [-0.39, 0.29) is 5.75 Å². The van der Waals surface area contributed by atoms with Gasteiger partial charge in [0.1, 0.15) is 5.75 Å². The molecule has 0 aromatic heterocycles. The largest absolute Gasteiger partial charge is 0.506 e. The van der Waals surface area contributed by atoms with Crippen molar-refractivity contribution in [1.82, 2.24) is 0 Å². The number of aromatic hydroxyl groups is 1. The summed E-state index contributed by atoms with van der Waals surface area (Å²) in [7, 11) is 0. The first-order valence-corrected chi connectivity index (χ1v) is 7.05. The molecule has 3 N–H and O–H groups in total. The van der Waals surface area contributed by atoms with Crippen LogP contribution in [0.25, 0.3) is 0 Å². The molecular formula is C17H20N2O. The highest BCUT2D eigenvalue weighted by molar-refractivity contribution is 5.58.